The normalized spacial score (nSPS) is 12.3. The topological polar surface area (TPSA) is 72.5 Å². The molecule has 0 radical (unpaired) electrons. The fraction of sp³-hybridized carbons (Fsp3) is 0.182. The molecule has 0 aliphatic carbocycles. The lowest BCUT2D eigenvalue weighted by atomic mass is 10.1. The van der Waals surface area contributed by atoms with Crippen LogP contribution >= 0.6 is 0 Å². The van der Waals surface area contributed by atoms with Crippen LogP contribution in [0, 0.1) is 5.82 Å². The van der Waals surface area contributed by atoms with Crippen LogP contribution in [0.1, 0.15) is 16.1 Å². The lowest BCUT2D eigenvalue weighted by Gasteiger charge is -2.19. The smallest absolute Gasteiger partial charge is 0.269 e. The number of hydrogen-bond acceptors (Lipinski definition) is 5. The molecular weight excluding hydrogens is 373 g/mol. The van der Waals surface area contributed by atoms with E-state index in [1.165, 1.54) is 6.07 Å². The Morgan fingerprint density at radius 3 is 2.59 bits per heavy atom. The minimum Gasteiger partial charge on any atom is -0.486 e. The molecule has 1 amide bonds. The summed E-state index contributed by atoms with van der Waals surface area (Å²) in [6.45, 7) is 1.41. The summed E-state index contributed by atoms with van der Waals surface area (Å²) < 4.78 is 24.7. The molecule has 0 saturated heterocycles. The Kier molecular flexibility index (Phi) is 5.56. The molecule has 0 atom stereocenters. The van der Waals surface area contributed by atoms with Crippen molar-refractivity contribution >= 4 is 17.3 Å². The fourth-order valence-corrected chi connectivity index (χ4v) is 2.99. The Hall–Kier alpha value is -3.61. The fourth-order valence-electron chi connectivity index (χ4n) is 2.99. The highest BCUT2D eigenvalue weighted by Crippen LogP contribution is 2.33. The monoisotopic (exact) mass is 393 g/mol. The summed E-state index contributed by atoms with van der Waals surface area (Å²) in [5.41, 5.74) is 2.44. The van der Waals surface area contributed by atoms with Crippen molar-refractivity contribution in [1.29, 1.82) is 0 Å². The van der Waals surface area contributed by atoms with E-state index in [1.807, 2.05) is 18.2 Å². The Bertz CT molecular complexity index is 1010. The third-order valence-electron chi connectivity index (χ3n) is 4.46. The van der Waals surface area contributed by atoms with Crippen molar-refractivity contribution < 1.29 is 18.7 Å². The first-order chi connectivity index (χ1) is 14.2. The van der Waals surface area contributed by atoms with Gasteiger partial charge in [-0.2, -0.15) is 0 Å². The molecule has 0 spiro atoms. The zero-order chi connectivity index (χ0) is 20.1. The number of nitrogens with zero attached hydrogens (tertiary/aromatic N) is 1. The number of ether oxygens (including phenoxy) is 2. The number of nitrogens with one attached hydrogen (secondary N) is 2. The number of carbonyl (C=O) groups is 1. The van der Waals surface area contributed by atoms with Gasteiger partial charge in [-0.05, 0) is 42.3 Å². The number of rotatable bonds is 6. The standard InChI is InChI=1S/C22H20FN3O3/c23-18-4-2-1-3-15(18)9-10-24-22(27)19-7-5-17(14-25-19)26-16-6-8-20-21(13-16)29-12-11-28-20/h1-8,13-14,26H,9-12H2,(H,24,27). The average Bonchev–Trinajstić information content (AvgIpc) is 2.75. The average molecular weight is 393 g/mol. The summed E-state index contributed by atoms with van der Waals surface area (Å²) in [6.07, 6.45) is 2.00. The van der Waals surface area contributed by atoms with Gasteiger partial charge < -0.3 is 20.1 Å². The molecule has 148 valence electrons. The van der Waals surface area contributed by atoms with Crippen molar-refractivity contribution in [3.05, 3.63) is 77.9 Å². The third-order valence-corrected chi connectivity index (χ3v) is 4.46. The predicted molar refractivity (Wildman–Crippen MR) is 107 cm³/mol. The number of fused-ring (bicyclic) bond motifs is 1. The van der Waals surface area contributed by atoms with Crippen LogP contribution < -0.4 is 20.1 Å². The van der Waals surface area contributed by atoms with Crippen molar-refractivity contribution in [2.75, 3.05) is 25.1 Å². The molecular formula is C22H20FN3O3. The highest BCUT2D eigenvalue weighted by molar-refractivity contribution is 5.92. The minimum absolute atomic E-state index is 0.269. The van der Waals surface area contributed by atoms with Gasteiger partial charge in [-0.3, -0.25) is 4.79 Å². The SMILES string of the molecule is O=C(NCCc1ccccc1F)c1ccc(Nc2ccc3c(c2)OCCO3)cn1. The molecule has 1 aliphatic rings. The molecule has 0 unspecified atom stereocenters. The van der Waals surface area contributed by atoms with Gasteiger partial charge in [-0.25, -0.2) is 9.37 Å². The molecule has 2 N–H and O–H groups in total. The maximum absolute atomic E-state index is 13.6. The van der Waals surface area contributed by atoms with Crippen LogP contribution in [0.15, 0.2) is 60.8 Å². The van der Waals surface area contributed by atoms with Crippen LogP contribution in [0.3, 0.4) is 0 Å². The van der Waals surface area contributed by atoms with Gasteiger partial charge in [-0.1, -0.05) is 18.2 Å². The molecule has 0 fully saturated rings. The highest BCUT2D eigenvalue weighted by atomic mass is 19.1. The second-order valence-corrected chi connectivity index (χ2v) is 6.51. The van der Waals surface area contributed by atoms with Gasteiger partial charge in [0.1, 0.15) is 24.7 Å². The van der Waals surface area contributed by atoms with E-state index in [9.17, 15) is 9.18 Å². The molecule has 4 rings (SSSR count). The number of hydrogen-bond donors (Lipinski definition) is 2. The first kappa shape index (κ1) is 18.7. The number of benzene rings is 2. The number of aromatic nitrogens is 1. The Morgan fingerprint density at radius 1 is 1.00 bits per heavy atom. The Balaban J connectivity index is 1.32. The van der Waals surface area contributed by atoms with E-state index in [0.717, 1.165) is 17.1 Å². The van der Waals surface area contributed by atoms with E-state index in [1.54, 1.807) is 36.5 Å². The molecule has 29 heavy (non-hydrogen) atoms. The van der Waals surface area contributed by atoms with E-state index in [2.05, 4.69) is 15.6 Å². The van der Waals surface area contributed by atoms with E-state index >= 15 is 0 Å². The maximum atomic E-state index is 13.6. The molecule has 0 saturated carbocycles. The van der Waals surface area contributed by atoms with Crippen LogP contribution in [0.5, 0.6) is 11.5 Å². The van der Waals surface area contributed by atoms with Gasteiger partial charge in [0.05, 0.1) is 11.9 Å². The number of amides is 1. The van der Waals surface area contributed by atoms with Crippen LogP contribution in [0.2, 0.25) is 0 Å². The van der Waals surface area contributed by atoms with Crippen LogP contribution in [0.4, 0.5) is 15.8 Å². The summed E-state index contributed by atoms with van der Waals surface area (Å²) in [5.74, 6) is 0.851. The lowest BCUT2D eigenvalue weighted by molar-refractivity contribution is 0.0949. The summed E-state index contributed by atoms with van der Waals surface area (Å²) in [4.78, 5) is 16.4. The van der Waals surface area contributed by atoms with Crippen molar-refractivity contribution in [2.24, 2.45) is 0 Å². The molecule has 3 aromatic rings. The first-order valence-electron chi connectivity index (χ1n) is 9.33. The molecule has 2 aromatic carbocycles. The molecule has 1 aromatic heterocycles. The number of halogens is 1. The van der Waals surface area contributed by atoms with Gasteiger partial charge in [0.25, 0.3) is 5.91 Å². The largest absolute Gasteiger partial charge is 0.486 e. The number of carbonyl (C=O) groups excluding carboxylic acids is 1. The van der Waals surface area contributed by atoms with Gasteiger partial charge in [0.2, 0.25) is 0 Å². The number of pyridine rings is 1. The molecule has 6 nitrogen and oxygen atoms in total. The van der Waals surface area contributed by atoms with Gasteiger partial charge in [-0.15, -0.1) is 0 Å². The molecule has 0 bridgehead atoms. The predicted octanol–water partition coefficient (Wildman–Crippen LogP) is 3.71. The summed E-state index contributed by atoms with van der Waals surface area (Å²) in [6, 6.07) is 15.5. The van der Waals surface area contributed by atoms with E-state index in [-0.39, 0.29) is 11.7 Å². The van der Waals surface area contributed by atoms with E-state index in [4.69, 9.17) is 9.47 Å². The zero-order valence-electron chi connectivity index (χ0n) is 15.7. The van der Waals surface area contributed by atoms with E-state index in [0.29, 0.717) is 43.2 Å². The highest BCUT2D eigenvalue weighted by Gasteiger charge is 2.12. The van der Waals surface area contributed by atoms with Gasteiger partial charge in [0, 0.05) is 18.3 Å². The lowest BCUT2D eigenvalue weighted by Crippen LogP contribution is -2.26. The Morgan fingerprint density at radius 2 is 1.79 bits per heavy atom. The maximum Gasteiger partial charge on any atom is 0.269 e. The van der Waals surface area contributed by atoms with Gasteiger partial charge >= 0.3 is 0 Å². The van der Waals surface area contributed by atoms with Crippen LogP contribution in [-0.2, 0) is 6.42 Å². The molecule has 1 aliphatic heterocycles. The summed E-state index contributed by atoms with van der Waals surface area (Å²) >= 11 is 0. The van der Waals surface area contributed by atoms with E-state index < -0.39 is 0 Å². The zero-order valence-corrected chi connectivity index (χ0v) is 15.7. The van der Waals surface area contributed by atoms with Crippen molar-refractivity contribution in [3.63, 3.8) is 0 Å². The number of anilines is 2. The summed E-state index contributed by atoms with van der Waals surface area (Å²) in [7, 11) is 0. The minimum atomic E-state index is -0.299. The molecule has 2 heterocycles. The Labute approximate surface area is 167 Å². The van der Waals surface area contributed by atoms with Crippen molar-refractivity contribution in [3.8, 4) is 11.5 Å². The van der Waals surface area contributed by atoms with Crippen molar-refractivity contribution in [1.82, 2.24) is 10.3 Å². The second-order valence-electron chi connectivity index (χ2n) is 6.51. The molecule has 7 heteroatoms. The second kappa shape index (κ2) is 8.60. The quantitative estimate of drug-likeness (QED) is 0.668. The van der Waals surface area contributed by atoms with Gasteiger partial charge in [0.15, 0.2) is 11.5 Å². The third kappa shape index (κ3) is 4.63. The van der Waals surface area contributed by atoms with Crippen LogP contribution in [-0.4, -0.2) is 30.6 Å². The first-order valence-corrected chi connectivity index (χ1v) is 9.33. The summed E-state index contributed by atoms with van der Waals surface area (Å²) in [5, 5.41) is 5.98. The van der Waals surface area contributed by atoms with Crippen molar-refractivity contribution in [2.45, 2.75) is 6.42 Å². The van der Waals surface area contributed by atoms with Crippen LogP contribution in [0.25, 0.3) is 0 Å².